The van der Waals surface area contributed by atoms with Gasteiger partial charge in [-0.25, -0.2) is 0 Å². The van der Waals surface area contributed by atoms with Crippen molar-refractivity contribution >= 4 is 11.6 Å². The normalized spacial score (nSPS) is 24.1. The Kier molecular flexibility index (Phi) is 5.53. The number of morpholine rings is 1. The first-order valence-electron chi connectivity index (χ1n) is 8.09. The lowest BCUT2D eigenvalue weighted by molar-refractivity contribution is 0.0342. The van der Waals surface area contributed by atoms with Crippen molar-refractivity contribution in [3.63, 3.8) is 0 Å². The van der Waals surface area contributed by atoms with Gasteiger partial charge in [0.2, 0.25) is 0 Å². The Balaban J connectivity index is 1.59. The smallest absolute Gasteiger partial charge is 0.0594 e. The van der Waals surface area contributed by atoms with E-state index in [2.05, 4.69) is 28.4 Å². The summed E-state index contributed by atoms with van der Waals surface area (Å²) in [4.78, 5) is 2.41. The van der Waals surface area contributed by atoms with Crippen molar-refractivity contribution in [3.05, 3.63) is 34.3 Å². The molecule has 1 unspecified atom stereocenters. The molecule has 1 aromatic carbocycles. The molecule has 2 aliphatic rings. The molecule has 0 saturated carbocycles. The highest BCUT2D eigenvalue weighted by atomic mass is 35.5. The lowest BCUT2D eigenvalue weighted by atomic mass is 9.92. The van der Waals surface area contributed by atoms with Crippen molar-refractivity contribution in [1.82, 2.24) is 10.2 Å². The predicted octanol–water partition coefficient (Wildman–Crippen LogP) is 2.71. The SMILES string of the molecule is Clc1cc(CC2CCCNC2)ccc1CN1CCOCC1. The van der Waals surface area contributed by atoms with Crippen molar-refractivity contribution in [2.24, 2.45) is 5.92 Å². The van der Waals surface area contributed by atoms with Crippen LogP contribution in [0.4, 0.5) is 0 Å². The maximum Gasteiger partial charge on any atom is 0.0594 e. The largest absolute Gasteiger partial charge is 0.379 e. The lowest BCUT2D eigenvalue weighted by Gasteiger charge is -2.27. The molecule has 21 heavy (non-hydrogen) atoms. The third-order valence-electron chi connectivity index (χ3n) is 4.54. The lowest BCUT2D eigenvalue weighted by Crippen LogP contribution is -2.35. The van der Waals surface area contributed by atoms with E-state index in [1.807, 2.05) is 0 Å². The number of nitrogens with one attached hydrogen (secondary N) is 1. The summed E-state index contributed by atoms with van der Waals surface area (Å²) in [5.74, 6) is 0.764. The van der Waals surface area contributed by atoms with Gasteiger partial charge in [0.15, 0.2) is 0 Å². The summed E-state index contributed by atoms with van der Waals surface area (Å²) in [6.45, 7) is 6.95. The van der Waals surface area contributed by atoms with Gasteiger partial charge >= 0.3 is 0 Å². The Morgan fingerprint density at radius 2 is 2.14 bits per heavy atom. The van der Waals surface area contributed by atoms with Gasteiger partial charge in [0, 0.05) is 24.7 Å². The number of hydrogen-bond acceptors (Lipinski definition) is 3. The zero-order valence-electron chi connectivity index (χ0n) is 12.6. The molecule has 4 heteroatoms. The molecular formula is C17H25ClN2O. The number of nitrogens with zero attached hydrogens (tertiary/aromatic N) is 1. The van der Waals surface area contributed by atoms with Crippen LogP contribution >= 0.6 is 11.6 Å². The first-order valence-corrected chi connectivity index (χ1v) is 8.47. The molecule has 0 amide bonds. The first-order chi connectivity index (χ1) is 10.3. The highest BCUT2D eigenvalue weighted by Crippen LogP contribution is 2.23. The second-order valence-electron chi connectivity index (χ2n) is 6.23. The molecule has 116 valence electrons. The van der Waals surface area contributed by atoms with Gasteiger partial charge in [0.05, 0.1) is 13.2 Å². The zero-order valence-corrected chi connectivity index (χ0v) is 13.4. The molecule has 0 spiro atoms. The van der Waals surface area contributed by atoms with E-state index in [1.165, 1.54) is 30.5 Å². The Hall–Kier alpha value is -0.610. The van der Waals surface area contributed by atoms with E-state index >= 15 is 0 Å². The van der Waals surface area contributed by atoms with Crippen LogP contribution in [-0.2, 0) is 17.7 Å². The third kappa shape index (κ3) is 4.43. The van der Waals surface area contributed by atoms with Crippen LogP contribution in [0.1, 0.15) is 24.0 Å². The van der Waals surface area contributed by atoms with Crippen LogP contribution in [-0.4, -0.2) is 44.3 Å². The number of benzene rings is 1. The Bertz CT molecular complexity index is 454. The predicted molar refractivity (Wildman–Crippen MR) is 86.8 cm³/mol. The van der Waals surface area contributed by atoms with Gasteiger partial charge in [-0.05, 0) is 55.5 Å². The van der Waals surface area contributed by atoms with Gasteiger partial charge in [-0.15, -0.1) is 0 Å². The Morgan fingerprint density at radius 3 is 2.86 bits per heavy atom. The molecule has 1 atom stereocenters. The molecule has 3 nitrogen and oxygen atoms in total. The van der Waals surface area contributed by atoms with Crippen molar-refractivity contribution in [1.29, 1.82) is 0 Å². The first kappa shape index (κ1) is 15.3. The van der Waals surface area contributed by atoms with E-state index in [4.69, 9.17) is 16.3 Å². The average molecular weight is 309 g/mol. The fraction of sp³-hybridized carbons (Fsp3) is 0.647. The molecular weight excluding hydrogens is 284 g/mol. The molecule has 0 bridgehead atoms. The van der Waals surface area contributed by atoms with Crippen LogP contribution in [0.25, 0.3) is 0 Å². The van der Waals surface area contributed by atoms with E-state index in [9.17, 15) is 0 Å². The molecule has 0 radical (unpaired) electrons. The van der Waals surface area contributed by atoms with Crippen LogP contribution in [0.2, 0.25) is 5.02 Å². The summed E-state index contributed by atoms with van der Waals surface area (Å²) < 4.78 is 5.39. The molecule has 1 N–H and O–H groups in total. The molecule has 1 aromatic rings. The van der Waals surface area contributed by atoms with Gasteiger partial charge < -0.3 is 10.1 Å². The summed E-state index contributed by atoms with van der Waals surface area (Å²) in [6.07, 6.45) is 3.78. The molecule has 2 aliphatic heterocycles. The van der Waals surface area contributed by atoms with Gasteiger partial charge in [-0.3, -0.25) is 4.90 Å². The second kappa shape index (κ2) is 7.59. The Labute approximate surface area is 132 Å². The second-order valence-corrected chi connectivity index (χ2v) is 6.64. The maximum atomic E-state index is 6.49. The Morgan fingerprint density at radius 1 is 1.29 bits per heavy atom. The van der Waals surface area contributed by atoms with Crippen LogP contribution in [0.5, 0.6) is 0 Å². The maximum absolute atomic E-state index is 6.49. The quantitative estimate of drug-likeness (QED) is 0.925. The minimum atomic E-state index is 0.764. The summed E-state index contributed by atoms with van der Waals surface area (Å²) >= 11 is 6.49. The number of hydrogen-bond donors (Lipinski definition) is 1. The highest BCUT2D eigenvalue weighted by Gasteiger charge is 2.15. The van der Waals surface area contributed by atoms with Crippen molar-refractivity contribution in [2.75, 3.05) is 39.4 Å². The number of rotatable bonds is 4. The number of ether oxygens (including phenoxy) is 1. The summed E-state index contributed by atoms with van der Waals surface area (Å²) in [6, 6.07) is 6.64. The summed E-state index contributed by atoms with van der Waals surface area (Å²) in [7, 11) is 0. The fourth-order valence-electron chi connectivity index (χ4n) is 3.28. The average Bonchev–Trinajstić information content (AvgIpc) is 2.52. The van der Waals surface area contributed by atoms with Crippen molar-refractivity contribution < 1.29 is 4.74 Å². The van der Waals surface area contributed by atoms with Crippen LogP contribution in [0, 0.1) is 5.92 Å². The topological polar surface area (TPSA) is 24.5 Å². The number of halogens is 1. The van der Waals surface area contributed by atoms with E-state index in [1.54, 1.807) is 0 Å². The standard InChI is InChI=1S/C17H25ClN2O/c18-17-11-14(10-15-2-1-5-19-12-15)3-4-16(17)13-20-6-8-21-9-7-20/h3-4,11,15,19H,1-2,5-10,12-13H2. The van der Waals surface area contributed by atoms with E-state index in [0.717, 1.165) is 56.8 Å². The van der Waals surface area contributed by atoms with Crippen LogP contribution < -0.4 is 5.32 Å². The highest BCUT2D eigenvalue weighted by molar-refractivity contribution is 6.31. The van der Waals surface area contributed by atoms with Gasteiger partial charge in [-0.1, -0.05) is 23.7 Å². The molecule has 0 aromatic heterocycles. The van der Waals surface area contributed by atoms with E-state index in [-0.39, 0.29) is 0 Å². The molecule has 2 heterocycles. The zero-order chi connectivity index (χ0) is 14.5. The van der Waals surface area contributed by atoms with Crippen LogP contribution in [0.3, 0.4) is 0 Å². The molecule has 2 saturated heterocycles. The minimum absolute atomic E-state index is 0.764. The monoisotopic (exact) mass is 308 g/mol. The minimum Gasteiger partial charge on any atom is -0.379 e. The molecule has 3 rings (SSSR count). The summed E-state index contributed by atoms with van der Waals surface area (Å²) in [5, 5.41) is 4.40. The van der Waals surface area contributed by atoms with Crippen molar-refractivity contribution in [2.45, 2.75) is 25.8 Å². The van der Waals surface area contributed by atoms with Crippen LogP contribution in [0.15, 0.2) is 18.2 Å². The summed E-state index contributed by atoms with van der Waals surface area (Å²) in [5.41, 5.74) is 2.61. The third-order valence-corrected chi connectivity index (χ3v) is 4.89. The fourth-order valence-corrected chi connectivity index (χ4v) is 3.54. The van der Waals surface area contributed by atoms with Gasteiger partial charge in [0.25, 0.3) is 0 Å². The van der Waals surface area contributed by atoms with E-state index in [0.29, 0.717) is 0 Å². The van der Waals surface area contributed by atoms with Crippen molar-refractivity contribution in [3.8, 4) is 0 Å². The van der Waals surface area contributed by atoms with E-state index < -0.39 is 0 Å². The van der Waals surface area contributed by atoms with Gasteiger partial charge in [0.1, 0.15) is 0 Å². The molecule has 2 fully saturated rings. The number of piperidine rings is 1. The molecule has 0 aliphatic carbocycles. The van der Waals surface area contributed by atoms with Gasteiger partial charge in [-0.2, -0.15) is 0 Å².